The van der Waals surface area contributed by atoms with E-state index >= 15 is 0 Å². The first-order chi connectivity index (χ1) is 7.89. The van der Waals surface area contributed by atoms with Crippen molar-refractivity contribution >= 4 is 22.9 Å². The smallest absolute Gasteiger partial charge is 0.136 e. The Hall–Kier alpha value is -0.930. The van der Waals surface area contributed by atoms with Crippen LogP contribution in [0.25, 0.3) is 10.6 Å². The summed E-state index contributed by atoms with van der Waals surface area (Å²) < 4.78 is 0. The fourth-order valence-electron chi connectivity index (χ4n) is 1.48. The fraction of sp³-hybridized carbons (Fsp3) is 0.385. The number of aromatic nitrogens is 2. The average Bonchev–Trinajstić information content (AvgIpc) is 2.73. The van der Waals surface area contributed by atoms with Crippen molar-refractivity contribution in [3.63, 3.8) is 0 Å². The second-order valence-electron chi connectivity index (χ2n) is 5.04. The molecule has 2 nitrogen and oxygen atoms in total. The molecule has 2 aromatic heterocycles. The molecule has 2 aromatic rings. The van der Waals surface area contributed by atoms with E-state index in [1.54, 1.807) is 11.3 Å². The van der Waals surface area contributed by atoms with Crippen molar-refractivity contribution in [3.8, 4) is 10.6 Å². The highest BCUT2D eigenvalue weighted by molar-refractivity contribution is 7.13. The third-order valence-electron chi connectivity index (χ3n) is 2.51. The number of hydrogen-bond donors (Lipinski definition) is 0. The largest absolute Gasteiger partial charge is 0.231 e. The summed E-state index contributed by atoms with van der Waals surface area (Å²) in [5.74, 6) is 0.788. The summed E-state index contributed by atoms with van der Waals surface area (Å²) in [6.07, 6.45) is 0. The summed E-state index contributed by atoms with van der Waals surface area (Å²) >= 11 is 7.86. The molecule has 0 aliphatic carbocycles. The van der Waals surface area contributed by atoms with E-state index < -0.39 is 0 Å². The Morgan fingerprint density at radius 1 is 1.24 bits per heavy atom. The molecule has 17 heavy (non-hydrogen) atoms. The van der Waals surface area contributed by atoms with Crippen molar-refractivity contribution in [2.75, 3.05) is 0 Å². The number of nitrogens with zero attached hydrogens (tertiary/aromatic N) is 2. The summed E-state index contributed by atoms with van der Waals surface area (Å²) in [5.41, 5.74) is 1.80. The Kier molecular flexibility index (Phi) is 3.23. The Balaban J connectivity index is 2.64. The first-order valence-corrected chi connectivity index (χ1v) is 6.74. The molecule has 2 rings (SSSR count). The molecule has 0 fully saturated rings. The summed E-state index contributed by atoms with van der Waals surface area (Å²) in [5, 5.41) is 2.59. The Morgan fingerprint density at radius 3 is 2.47 bits per heavy atom. The van der Waals surface area contributed by atoms with E-state index in [0.29, 0.717) is 5.15 Å². The zero-order valence-electron chi connectivity index (χ0n) is 10.4. The van der Waals surface area contributed by atoms with Gasteiger partial charge in [-0.3, -0.25) is 0 Å². The average molecular weight is 267 g/mol. The minimum Gasteiger partial charge on any atom is -0.231 e. The van der Waals surface area contributed by atoms with Crippen molar-refractivity contribution in [1.29, 1.82) is 0 Å². The molecule has 0 aliphatic heterocycles. The first-order valence-electron chi connectivity index (χ1n) is 5.48. The molecule has 0 bridgehead atoms. The molecule has 0 aromatic carbocycles. The van der Waals surface area contributed by atoms with Gasteiger partial charge in [0.1, 0.15) is 11.0 Å². The van der Waals surface area contributed by atoms with Crippen molar-refractivity contribution in [2.45, 2.75) is 33.1 Å². The van der Waals surface area contributed by atoms with Gasteiger partial charge in [-0.15, -0.1) is 11.3 Å². The van der Waals surface area contributed by atoms with Crippen LogP contribution < -0.4 is 0 Å². The molecule has 0 N–H and O–H groups in total. The molecule has 0 radical (unpaired) electrons. The predicted molar refractivity (Wildman–Crippen MR) is 73.8 cm³/mol. The van der Waals surface area contributed by atoms with Gasteiger partial charge in [-0.05, 0) is 18.4 Å². The molecule has 0 saturated heterocycles. The zero-order chi connectivity index (χ0) is 12.6. The van der Waals surface area contributed by atoms with Gasteiger partial charge in [0.2, 0.25) is 0 Å². The van der Waals surface area contributed by atoms with Gasteiger partial charge in [-0.2, -0.15) is 0 Å². The van der Waals surface area contributed by atoms with Gasteiger partial charge in [0.15, 0.2) is 0 Å². The van der Waals surface area contributed by atoms with E-state index in [1.165, 1.54) is 0 Å². The van der Waals surface area contributed by atoms with Gasteiger partial charge in [0.25, 0.3) is 0 Å². The van der Waals surface area contributed by atoms with E-state index in [1.807, 2.05) is 18.4 Å². The van der Waals surface area contributed by atoms with Crippen LogP contribution in [0.1, 0.15) is 32.2 Å². The summed E-state index contributed by atoms with van der Waals surface area (Å²) in [6.45, 7) is 8.23. The highest BCUT2D eigenvalue weighted by atomic mass is 35.5. The third kappa shape index (κ3) is 2.50. The van der Waals surface area contributed by atoms with Crippen LogP contribution in [0.3, 0.4) is 0 Å². The predicted octanol–water partition coefficient (Wildman–Crippen LogP) is 4.46. The number of rotatable bonds is 1. The van der Waals surface area contributed by atoms with E-state index in [4.69, 9.17) is 11.6 Å². The molecule has 0 saturated carbocycles. The summed E-state index contributed by atoms with van der Waals surface area (Å²) in [6, 6.07) is 4.08. The van der Waals surface area contributed by atoms with Crippen molar-refractivity contribution in [1.82, 2.24) is 9.97 Å². The van der Waals surface area contributed by atoms with Crippen LogP contribution in [0.15, 0.2) is 17.5 Å². The maximum atomic E-state index is 6.20. The Bertz CT molecular complexity index is 527. The maximum absolute atomic E-state index is 6.20. The molecular weight excluding hydrogens is 252 g/mol. The molecule has 0 amide bonds. The Labute approximate surface area is 111 Å². The molecule has 4 heteroatoms. The topological polar surface area (TPSA) is 25.8 Å². The van der Waals surface area contributed by atoms with Gasteiger partial charge < -0.3 is 0 Å². The van der Waals surface area contributed by atoms with Gasteiger partial charge in [0, 0.05) is 11.0 Å². The molecular formula is C13H15ClN2S. The van der Waals surface area contributed by atoms with Crippen LogP contribution in [0, 0.1) is 6.92 Å². The van der Waals surface area contributed by atoms with E-state index in [9.17, 15) is 0 Å². The first kappa shape index (κ1) is 12.5. The number of halogens is 1. The summed E-state index contributed by atoms with van der Waals surface area (Å²) in [7, 11) is 0. The quantitative estimate of drug-likeness (QED) is 0.712. The van der Waals surface area contributed by atoms with E-state index in [2.05, 4.69) is 36.8 Å². The lowest BCUT2D eigenvalue weighted by molar-refractivity contribution is 0.545. The molecule has 0 atom stereocenters. The number of hydrogen-bond acceptors (Lipinski definition) is 3. The summed E-state index contributed by atoms with van der Waals surface area (Å²) in [4.78, 5) is 10.2. The van der Waals surface area contributed by atoms with E-state index in [-0.39, 0.29) is 5.41 Å². The van der Waals surface area contributed by atoms with Crippen molar-refractivity contribution < 1.29 is 0 Å². The van der Waals surface area contributed by atoms with Crippen molar-refractivity contribution in [2.24, 2.45) is 0 Å². The normalized spacial score (nSPS) is 11.8. The molecule has 2 heterocycles. The fourth-order valence-corrected chi connectivity index (χ4v) is 2.42. The van der Waals surface area contributed by atoms with Crippen LogP contribution in [0.2, 0.25) is 5.15 Å². The SMILES string of the molecule is Cc1c(Cl)nc(C(C)(C)C)nc1-c1cccs1. The lowest BCUT2D eigenvalue weighted by atomic mass is 9.95. The molecule has 90 valence electrons. The minimum atomic E-state index is -0.0939. The Morgan fingerprint density at radius 2 is 1.94 bits per heavy atom. The van der Waals surface area contributed by atoms with Gasteiger partial charge in [-0.25, -0.2) is 9.97 Å². The highest BCUT2D eigenvalue weighted by Crippen LogP contribution is 2.31. The minimum absolute atomic E-state index is 0.0939. The van der Waals surface area contributed by atoms with E-state index in [0.717, 1.165) is 22.0 Å². The molecule has 0 unspecified atom stereocenters. The maximum Gasteiger partial charge on any atom is 0.136 e. The standard InChI is InChI=1S/C13H15ClN2S/c1-8-10(9-6-5-7-17-9)15-12(13(2,3)4)16-11(8)14/h5-7H,1-4H3. The monoisotopic (exact) mass is 266 g/mol. The van der Waals surface area contributed by atoms with Crippen LogP contribution in [0.5, 0.6) is 0 Å². The second-order valence-corrected chi connectivity index (χ2v) is 6.34. The molecule has 0 aliphatic rings. The highest BCUT2D eigenvalue weighted by Gasteiger charge is 2.21. The van der Waals surface area contributed by atoms with Crippen LogP contribution in [0.4, 0.5) is 0 Å². The van der Waals surface area contributed by atoms with Crippen LogP contribution in [-0.2, 0) is 5.41 Å². The zero-order valence-corrected chi connectivity index (χ0v) is 12.0. The molecule has 0 spiro atoms. The van der Waals surface area contributed by atoms with Gasteiger partial charge >= 0.3 is 0 Å². The van der Waals surface area contributed by atoms with Gasteiger partial charge in [0.05, 0.1) is 10.6 Å². The van der Waals surface area contributed by atoms with Crippen LogP contribution >= 0.6 is 22.9 Å². The second kappa shape index (κ2) is 4.39. The van der Waals surface area contributed by atoms with Crippen LogP contribution in [-0.4, -0.2) is 9.97 Å². The number of thiophene rings is 1. The third-order valence-corrected chi connectivity index (χ3v) is 3.76. The van der Waals surface area contributed by atoms with Crippen molar-refractivity contribution in [3.05, 3.63) is 34.1 Å². The lowest BCUT2D eigenvalue weighted by Gasteiger charge is -2.18. The van der Waals surface area contributed by atoms with Gasteiger partial charge in [-0.1, -0.05) is 38.4 Å². The lowest BCUT2D eigenvalue weighted by Crippen LogP contribution is -2.17.